The molecule has 1 amide bonds. The maximum Gasteiger partial charge on any atom is 0.394 e. The fraction of sp³-hybridized carbons (Fsp3) is 0.950. The van der Waals surface area contributed by atoms with E-state index in [4.69, 9.17) is 4.43 Å². The average molecular weight is 419 g/mol. The van der Waals surface area contributed by atoms with Crippen molar-refractivity contribution in [2.45, 2.75) is 95.3 Å². The third-order valence-electron chi connectivity index (χ3n) is 8.34. The number of hydrogen-bond donors (Lipinski definition) is 2. The van der Waals surface area contributed by atoms with Gasteiger partial charge in [0.15, 0.2) is 8.32 Å². The Morgan fingerprint density at radius 2 is 1.82 bits per heavy atom. The van der Waals surface area contributed by atoms with Crippen LogP contribution in [0.1, 0.15) is 52.9 Å². The predicted octanol–water partition coefficient (Wildman–Crippen LogP) is 3.98. The Bertz CT molecular complexity index is 644. The number of amides is 1. The summed E-state index contributed by atoms with van der Waals surface area (Å²) in [4.78, 5) is 12.8. The van der Waals surface area contributed by atoms with Crippen LogP contribution < -0.4 is 10.6 Å². The summed E-state index contributed by atoms with van der Waals surface area (Å²) in [6.45, 7) is 11.0. The highest BCUT2D eigenvalue weighted by Crippen LogP contribution is 2.79. The van der Waals surface area contributed by atoms with Crippen LogP contribution in [0, 0.1) is 16.7 Å². The number of rotatable bonds is 6. The standard InChI is InChI=1S/C20H33F3N2O2Si/c1-17(2,3)28(4,5)27-8-15(18-9-19(10-18,11-18)20(21,22)23)25-16(26)14-7-12-6-13(12)24-14/h12-15,24H,6-11H2,1-5H3,(H,25,26)/t12-,13-,14+,15-,18?,19?/m1/s1. The van der Waals surface area contributed by atoms with E-state index >= 15 is 0 Å². The summed E-state index contributed by atoms with van der Waals surface area (Å²) >= 11 is 0. The van der Waals surface area contributed by atoms with Crippen LogP contribution >= 0.6 is 0 Å². The van der Waals surface area contributed by atoms with Gasteiger partial charge in [-0.25, -0.2) is 0 Å². The summed E-state index contributed by atoms with van der Waals surface area (Å²) in [5.74, 6) is 0.531. The highest BCUT2D eigenvalue weighted by molar-refractivity contribution is 6.74. The zero-order valence-electron chi connectivity index (χ0n) is 17.5. The van der Waals surface area contributed by atoms with Crippen molar-refractivity contribution in [2.24, 2.45) is 16.7 Å². The van der Waals surface area contributed by atoms with Gasteiger partial charge < -0.3 is 15.1 Å². The first-order valence-corrected chi connectivity index (χ1v) is 13.4. The molecule has 4 atom stereocenters. The minimum atomic E-state index is -4.14. The Balaban J connectivity index is 1.43. The van der Waals surface area contributed by atoms with Crippen LogP contribution in [0.25, 0.3) is 0 Å². The molecule has 4 aliphatic carbocycles. The number of carbonyl (C=O) groups excluding carboxylic acids is 1. The van der Waals surface area contributed by atoms with E-state index in [2.05, 4.69) is 44.5 Å². The molecule has 2 N–H and O–H groups in total. The SMILES string of the molecule is CC(C)(C)[Si](C)(C)OC[C@@H](NC(=O)[C@@H]1C[C@H]2C[C@H]2N1)C12CC(C(F)(F)F)(C1)C2. The zero-order valence-corrected chi connectivity index (χ0v) is 18.5. The summed E-state index contributed by atoms with van der Waals surface area (Å²) in [6, 6.07) is -0.0822. The quantitative estimate of drug-likeness (QED) is 0.642. The van der Waals surface area contributed by atoms with Crippen molar-refractivity contribution in [1.82, 2.24) is 10.6 Å². The summed E-state index contributed by atoms with van der Waals surface area (Å²) in [5.41, 5.74) is -1.96. The maximum atomic E-state index is 13.3. The molecule has 1 heterocycles. The van der Waals surface area contributed by atoms with E-state index in [9.17, 15) is 18.0 Å². The van der Waals surface area contributed by atoms with Crippen molar-refractivity contribution in [3.8, 4) is 0 Å². The van der Waals surface area contributed by atoms with E-state index in [0.717, 1.165) is 12.8 Å². The van der Waals surface area contributed by atoms with Crippen LogP contribution in [0.3, 0.4) is 0 Å². The van der Waals surface area contributed by atoms with Crippen molar-refractivity contribution < 1.29 is 22.4 Å². The molecular weight excluding hydrogens is 385 g/mol. The monoisotopic (exact) mass is 418 g/mol. The lowest BCUT2D eigenvalue weighted by molar-refractivity contribution is -0.370. The highest BCUT2D eigenvalue weighted by atomic mass is 28.4. The third kappa shape index (κ3) is 3.14. The zero-order chi connectivity index (χ0) is 20.8. The molecule has 0 spiro atoms. The van der Waals surface area contributed by atoms with E-state index in [-0.39, 0.29) is 42.3 Å². The first kappa shape index (κ1) is 20.7. The third-order valence-corrected chi connectivity index (χ3v) is 12.8. The van der Waals surface area contributed by atoms with Gasteiger partial charge in [0.2, 0.25) is 5.91 Å². The normalized spacial score (nSPS) is 40.2. The number of nitrogens with one attached hydrogen (secondary N) is 2. The van der Waals surface area contributed by atoms with Gasteiger partial charge in [0.25, 0.3) is 0 Å². The van der Waals surface area contributed by atoms with Crippen molar-refractivity contribution in [2.75, 3.05) is 6.61 Å². The van der Waals surface area contributed by atoms with Crippen molar-refractivity contribution in [3.63, 3.8) is 0 Å². The Kier molecular flexibility index (Phi) is 4.41. The van der Waals surface area contributed by atoms with Gasteiger partial charge in [-0.2, -0.15) is 13.2 Å². The lowest BCUT2D eigenvalue weighted by atomic mass is 9.33. The van der Waals surface area contributed by atoms with Crippen LogP contribution in [0.2, 0.25) is 18.1 Å². The van der Waals surface area contributed by atoms with Crippen LogP contribution in [-0.2, 0) is 9.22 Å². The molecule has 4 saturated carbocycles. The van der Waals surface area contributed by atoms with Gasteiger partial charge >= 0.3 is 6.18 Å². The lowest BCUT2D eigenvalue weighted by Crippen LogP contribution is -2.75. The van der Waals surface area contributed by atoms with Crippen LogP contribution in [0.4, 0.5) is 13.2 Å². The summed E-state index contributed by atoms with van der Waals surface area (Å²) in [5, 5.41) is 6.46. The fourth-order valence-corrected chi connectivity index (χ4v) is 6.23. The van der Waals surface area contributed by atoms with Crippen molar-refractivity contribution in [1.29, 1.82) is 0 Å². The van der Waals surface area contributed by atoms with Crippen LogP contribution in [0.5, 0.6) is 0 Å². The Labute approximate surface area is 166 Å². The highest BCUT2D eigenvalue weighted by Gasteiger charge is 2.80. The first-order valence-electron chi connectivity index (χ1n) is 10.5. The molecule has 0 radical (unpaired) electrons. The molecule has 5 rings (SSSR count). The molecule has 8 heteroatoms. The molecule has 0 unspecified atom stereocenters. The number of piperidine rings is 1. The molecule has 5 fully saturated rings. The number of halogens is 3. The maximum absolute atomic E-state index is 13.3. The van der Waals surface area contributed by atoms with E-state index in [0.29, 0.717) is 18.6 Å². The van der Waals surface area contributed by atoms with Gasteiger partial charge in [-0.1, -0.05) is 20.8 Å². The molecule has 0 aromatic carbocycles. The Morgan fingerprint density at radius 1 is 1.21 bits per heavy atom. The predicted molar refractivity (Wildman–Crippen MR) is 103 cm³/mol. The fourth-order valence-electron chi connectivity index (χ4n) is 5.21. The molecule has 0 aromatic heterocycles. The second-order valence-corrected chi connectivity index (χ2v) is 16.2. The molecule has 160 valence electrons. The topological polar surface area (TPSA) is 50.4 Å². The molecular formula is C20H33F3N2O2Si. The molecule has 1 saturated heterocycles. The summed E-state index contributed by atoms with van der Waals surface area (Å²) in [7, 11) is -2.05. The van der Waals surface area contributed by atoms with E-state index in [1.54, 1.807) is 0 Å². The summed E-state index contributed by atoms with van der Waals surface area (Å²) < 4.78 is 46.3. The van der Waals surface area contributed by atoms with Crippen molar-refractivity contribution >= 4 is 14.2 Å². The molecule has 1 aliphatic heterocycles. The number of alkyl halides is 3. The van der Waals surface area contributed by atoms with Crippen LogP contribution in [-0.4, -0.2) is 45.1 Å². The molecule has 4 nitrogen and oxygen atoms in total. The largest absolute Gasteiger partial charge is 0.415 e. The average Bonchev–Trinajstić information content (AvgIpc) is 3.05. The summed E-state index contributed by atoms with van der Waals surface area (Å²) in [6.07, 6.45) is -1.79. The van der Waals surface area contributed by atoms with Gasteiger partial charge in [0.1, 0.15) is 0 Å². The Hall–Kier alpha value is -0.603. The van der Waals surface area contributed by atoms with Crippen LogP contribution in [0.15, 0.2) is 0 Å². The van der Waals surface area contributed by atoms with E-state index in [1.807, 2.05) is 0 Å². The minimum Gasteiger partial charge on any atom is -0.415 e. The van der Waals surface area contributed by atoms with Crippen molar-refractivity contribution in [3.05, 3.63) is 0 Å². The van der Waals surface area contributed by atoms with Gasteiger partial charge in [-0.15, -0.1) is 0 Å². The second-order valence-electron chi connectivity index (χ2n) is 11.4. The Morgan fingerprint density at radius 3 is 2.29 bits per heavy atom. The minimum absolute atomic E-state index is 0.0163. The van der Waals surface area contributed by atoms with E-state index in [1.165, 1.54) is 0 Å². The number of hydrogen-bond acceptors (Lipinski definition) is 3. The van der Waals surface area contributed by atoms with Gasteiger partial charge in [0.05, 0.1) is 24.1 Å². The molecule has 0 aromatic rings. The van der Waals surface area contributed by atoms with Gasteiger partial charge in [0, 0.05) is 6.04 Å². The molecule has 5 aliphatic rings. The number of carbonyl (C=O) groups is 1. The smallest absolute Gasteiger partial charge is 0.394 e. The van der Waals surface area contributed by atoms with E-state index < -0.39 is 25.3 Å². The first-order chi connectivity index (χ1) is 12.7. The number of fused-ring (bicyclic) bond motifs is 1. The molecule has 2 bridgehead atoms. The van der Waals surface area contributed by atoms with Gasteiger partial charge in [-0.3, -0.25) is 4.79 Å². The lowest BCUT2D eigenvalue weighted by Gasteiger charge is -2.73. The van der Waals surface area contributed by atoms with Gasteiger partial charge in [-0.05, 0) is 61.6 Å². The molecule has 28 heavy (non-hydrogen) atoms. The second kappa shape index (κ2) is 5.97.